The molecule has 1 N–H and O–H groups in total. The molecule has 5 heteroatoms. The second-order valence-corrected chi connectivity index (χ2v) is 7.33. The summed E-state index contributed by atoms with van der Waals surface area (Å²) in [5.74, 6) is 1.00. The number of hydrogen-bond donors (Lipinski definition) is 1. The fourth-order valence-corrected chi connectivity index (χ4v) is 3.69. The van der Waals surface area contributed by atoms with Crippen LogP contribution in [0.4, 0.5) is 5.69 Å². The van der Waals surface area contributed by atoms with Gasteiger partial charge in [0.15, 0.2) is 18.1 Å². The van der Waals surface area contributed by atoms with E-state index < -0.39 is 0 Å². The van der Waals surface area contributed by atoms with Crippen LogP contribution in [-0.2, 0) is 24.3 Å². The fourth-order valence-electron chi connectivity index (χ4n) is 3.69. The van der Waals surface area contributed by atoms with Crippen LogP contribution in [-0.4, -0.2) is 26.2 Å². The van der Waals surface area contributed by atoms with Crippen LogP contribution in [0.25, 0.3) is 0 Å². The summed E-state index contributed by atoms with van der Waals surface area (Å²) in [6, 6.07) is 24.3. The molecule has 5 nitrogen and oxygen atoms in total. The Kier molecular flexibility index (Phi) is 6.18. The molecule has 1 aliphatic heterocycles. The van der Waals surface area contributed by atoms with E-state index in [1.165, 1.54) is 16.8 Å². The van der Waals surface area contributed by atoms with E-state index in [4.69, 9.17) is 9.47 Å². The number of carbonyl (C=O) groups is 1. The van der Waals surface area contributed by atoms with E-state index in [-0.39, 0.29) is 12.5 Å². The summed E-state index contributed by atoms with van der Waals surface area (Å²) in [5, 5.41) is 2.90. The molecule has 3 aromatic rings. The Hall–Kier alpha value is -3.47. The molecular formula is C25H26N2O3. The van der Waals surface area contributed by atoms with Crippen molar-refractivity contribution < 1.29 is 14.3 Å². The largest absolute Gasteiger partial charge is 0.493 e. The van der Waals surface area contributed by atoms with Crippen LogP contribution in [0.1, 0.15) is 16.7 Å². The number of carbonyl (C=O) groups excluding carboxylic acids is 1. The Balaban J connectivity index is 1.25. The van der Waals surface area contributed by atoms with Crippen molar-refractivity contribution in [2.24, 2.45) is 0 Å². The molecular weight excluding hydrogens is 376 g/mol. The summed E-state index contributed by atoms with van der Waals surface area (Å²) in [6.45, 7) is 2.38. The van der Waals surface area contributed by atoms with E-state index in [2.05, 4.69) is 58.7 Å². The van der Waals surface area contributed by atoms with Gasteiger partial charge >= 0.3 is 0 Å². The molecule has 0 atom stereocenters. The van der Waals surface area contributed by atoms with E-state index in [0.29, 0.717) is 18.0 Å². The standard InChI is InChI=1S/C25H26N2O3/c1-29-23-8-4-5-9-24(23)30-18-25(28)26-16-19-10-12-20(13-11-19)17-27-15-14-21-6-2-3-7-22(21)27/h2-13H,14-18H2,1H3,(H,26,28). The van der Waals surface area contributed by atoms with Gasteiger partial charge in [-0.1, -0.05) is 54.6 Å². The molecule has 0 fully saturated rings. The third-order valence-corrected chi connectivity index (χ3v) is 5.30. The highest BCUT2D eigenvalue weighted by atomic mass is 16.5. The van der Waals surface area contributed by atoms with Crippen molar-refractivity contribution in [2.45, 2.75) is 19.5 Å². The van der Waals surface area contributed by atoms with E-state index >= 15 is 0 Å². The van der Waals surface area contributed by atoms with Crippen molar-refractivity contribution in [2.75, 3.05) is 25.2 Å². The van der Waals surface area contributed by atoms with Crippen LogP contribution in [0.15, 0.2) is 72.8 Å². The number of rotatable bonds is 8. The summed E-state index contributed by atoms with van der Waals surface area (Å²) < 4.78 is 10.8. The van der Waals surface area contributed by atoms with Gasteiger partial charge in [-0.05, 0) is 41.3 Å². The minimum Gasteiger partial charge on any atom is -0.493 e. The van der Waals surface area contributed by atoms with Crippen molar-refractivity contribution in [3.05, 3.63) is 89.5 Å². The average Bonchev–Trinajstić information content (AvgIpc) is 3.20. The summed E-state index contributed by atoms with van der Waals surface area (Å²) in [6.07, 6.45) is 1.11. The molecule has 0 saturated carbocycles. The van der Waals surface area contributed by atoms with Crippen molar-refractivity contribution >= 4 is 11.6 Å². The van der Waals surface area contributed by atoms with Crippen LogP contribution in [0, 0.1) is 0 Å². The monoisotopic (exact) mass is 402 g/mol. The number of para-hydroxylation sites is 3. The molecule has 3 aromatic carbocycles. The number of methoxy groups -OCH3 is 1. The highest BCUT2D eigenvalue weighted by molar-refractivity contribution is 5.77. The zero-order chi connectivity index (χ0) is 20.8. The van der Waals surface area contributed by atoms with Crippen molar-refractivity contribution in [1.82, 2.24) is 5.32 Å². The number of benzene rings is 3. The second-order valence-electron chi connectivity index (χ2n) is 7.33. The number of amides is 1. The Bertz CT molecular complexity index is 1000. The minimum atomic E-state index is -0.168. The normalized spacial score (nSPS) is 12.4. The summed E-state index contributed by atoms with van der Waals surface area (Å²) in [4.78, 5) is 14.5. The smallest absolute Gasteiger partial charge is 0.258 e. The quantitative estimate of drug-likeness (QED) is 0.620. The Morgan fingerprint density at radius 1 is 0.933 bits per heavy atom. The lowest BCUT2D eigenvalue weighted by molar-refractivity contribution is -0.123. The molecule has 0 bridgehead atoms. The molecule has 0 aromatic heterocycles. The number of hydrogen-bond acceptors (Lipinski definition) is 4. The first-order valence-electron chi connectivity index (χ1n) is 10.2. The van der Waals surface area contributed by atoms with Gasteiger partial charge < -0.3 is 19.7 Å². The lowest BCUT2D eigenvalue weighted by atomic mass is 10.1. The highest BCUT2D eigenvalue weighted by Gasteiger charge is 2.18. The maximum atomic E-state index is 12.1. The predicted octanol–water partition coefficient (Wildman–Crippen LogP) is 3.95. The second kappa shape index (κ2) is 9.35. The minimum absolute atomic E-state index is 0.0488. The molecule has 0 unspecified atom stereocenters. The zero-order valence-electron chi connectivity index (χ0n) is 17.1. The molecule has 0 saturated heterocycles. The summed E-state index contributed by atoms with van der Waals surface area (Å²) >= 11 is 0. The van der Waals surface area contributed by atoms with Crippen molar-refractivity contribution in [3.8, 4) is 11.5 Å². The predicted molar refractivity (Wildman–Crippen MR) is 118 cm³/mol. The van der Waals surface area contributed by atoms with Crippen LogP contribution in [0.2, 0.25) is 0 Å². The fraction of sp³-hybridized carbons (Fsp3) is 0.240. The van der Waals surface area contributed by atoms with Crippen LogP contribution < -0.4 is 19.7 Å². The molecule has 4 rings (SSSR count). The van der Waals surface area contributed by atoms with Crippen LogP contribution in [0.3, 0.4) is 0 Å². The maximum Gasteiger partial charge on any atom is 0.258 e. The van der Waals surface area contributed by atoms with E-state index in [1.54, 1.807) is 19.2 Å². The molecule has 1 heterocycles. The first-order valence-corrected chi connectivity index (χ1v) is 10.2. The lowest BCUT2D eigenvalue weighted by Crippen LogP contribution is -2.28. The molecule has 30 heavy (non-hydrogen) atoms. The molecule has 154 valence electrons. The van der Waals surface area contributed by atoms with Gasteiger partial charge in [0.25, 0.3) is 5.91 Å². The maximum absolute atomic E-state index is 12.1. The van der Waals surface area contributed by atoms with Gasteiger partial charge in [-0.15, -0.1) is 0 Å². The van der Waals surface area contributed by atoms with Gasteiger partial charge in [0.2, 0.25) is 0 Å². The number of anilines is 1. The Morgan fingerprint density at radius 2 is 1.63 bits per heavy atom. The first kappa shape index (κ1) is 19.8. The molecule has 0 aliphatic carbocycles. The van der Waals surface area contributed by atoms with E-state index in [0.717, 1.165) is 25.1 Å². The van der Waals surface area contributed by atoms with Crippen molar-refractivity contribution in [3.63, 3.8) is 0 Å². The summed E-state index contributed by atoms with van der Waals surface area (Å²) in [7, 11) is 1.58. The Morgan fingerprint density at radius 3 is 2.43 bits per heavy atom. The van der Waals surface area contributed by atoms with Gasteiger partial charge in [-0.3, -0.25) is 4.79 Å². The van der Waals surface area contributed by atoms with Gasteiger partial charge in [0, 0.05) is 25.3 Å². The van der Waals surface area contributed by atoms with Gasteiger partial charge in [-0.25, -0.2) is 0 Å². The zero-order valence-corrected chi connectivity index (χ0v) is 17.1. The summed E-state index contributed by atoms with van der Waals surface area (Å²) in [5.41, 5.74) is 5.09. The molecule has 0 spiro atoms. The topological polar surface area (TPSA) is 50.8 Å². The first-order chi connectivity index (χ1) is 14.7. The third-order valence-electron chi connectivity index (χ3n) is 5.30. The molecule has 0 radical (unpaired) electrons. The van der Waals surface area contributed by atoms with E-state index in [9.17, 15) is 4.79 Å². The highest BCUT2D eigenvalue weighted by Crippen LogP contribution is 2.29. The number of nitrogens with one attached hydrogen (secondary N) is 1. The lowest BCUT2D eigenvalue weighted by Gasteiger charge is -2.19. The van der Waals surface area contributed by atoms with Crippen molar-refractivity contribution in [1.29, 1.82) is 0 Å². The number of nitrogens with zero attached hydrogens (tertiary/aromatic N) is 1. The third kappa shape index (κ3) is 4.74. The van der Waals surface area contributed by atoms with Gasteiger partial charge in [0.1, 0.15) is 0 Å². The van der Waals surface area contributed by atoms with E-state index in [1.807, 2.05) is 12.1 Å². The number of ether oxygens (including phenoxy) is 2. The van der Waals surface area contributed by atoms with Crippen LogP contribution >= 0.6 is 0 Å². The van der Waals surface area contributed by atoms with Gasteiger partial charge in [0.05, 0.1) is 7.11 Å². The molecule has 1 amide bonds. The average molecular weight is 402 g/mol. The Labute approximate surface area is 177 Å². The van der Waals surface area contributed by atoms with Crippen LogP contribution in [0.5, 0.6) is 11.5 Å². The molecule has 1 aliphatic rings. The van der Waals surface area contributed by atoms with Gasteiger partial charge in [-0.2, -0.15) is 0 Å². The number of fused-ring (bicyclic) bond motifs is 1. The SMILES string of the molecule is COc1ccccc1OCC(=O)NCc1ccc(CN2CCc3ccccc32)cc1.